The third-order valence-corrected chi connectivity index (χ3v) is 4.32. The number of carbonyl (C=O) groups excluding carboxylic acids is 1. The van der Waals surface area contributed by atoms with Gasteiger partial charge in [0.15, 0.2) is 5.65 Å². The Kier molecular flexibility index (Phi) is 4.57. The number of hydrogen-bond acceptors (Lipinski definition) is 3. The zero-order valence-electron chi connectivity index (χ0n) is 13.5. The van der Waals surface area contributed by atoms with Crippen LogP contribution in [0.4, 0.5) is 5.69 Å². The molecule has 3 aromatic rings. The van der Waals surface area contributed by atoms with Crippen LogP contribution in [0.3, 0.4) is 0 Å². The van der Waals surface area contributed by atoms with Crippen molar-refractivity contribution in [2.75, 3.05) is 5.32 Å². The number of aromatic nitrogens is 2. The van der Waals surface area contributed by atoms with Gasteiger partial charge >= 0.3 is 0 Å². The zero-order chi connectivity index (χ0) is 17.3. The summed E-state index contributed by atoms with van der Waals surface area (Å²) >= 11 is 3.52. The summed E-state index contributed by atoms with van der Waals surface area (Å²) < 4.78 is 2.65. The van der Waals surface area contributed by atoms with Crippen molar-refractivity contribution in [3.63, 3.8) is 0 Å². The van der Waals surface area contributed by atoms with E-state index in [1.54, 1.807) is 22.6 Å². The second-order valence-corrected chi connectivity index (χ2v) is 6.54. The summed E-state index contributed by atoms with van der Waals surface area (Å²) in [5, 5.41) is 12.7. The Morgan fingerprint density at radius 2 is 2.12 bits per heavy atom. The number of fused-ring (bicyclic) bond motifs is 1. The third kappa shape index (κ3) is 3.01. The standard InChI is InChI=1S/C18H18BrN3O2/c1-3-6-14-16(18(24)21-13-7-4-5-8-15(13)23)22-10-11(2)9-12(19)17(22)20-14/h4-5,7-10,23H,3,6H2,1-2H3,(H,21,24). The lowest BCUT2D eigenvalue weighted by Gasteiger charge is -2.09. The van der Waals surface area contributed by atoms with Crippen molar-refractivity contribution in [3.05, 3.63) is 58.0 Å². The summed E-state index contributed by atoms with van der Waals surface area (Å²) in [6, 6.07) is 8.65. The minimum atomic E-state index is -0.287. The van der Waals surface area contributed by atoms with E-state index >= 15 is 0 Å². The van der Waals surface area contributed by atoms with Crippen LogP contribution in [0.25, 0.3) is 5.65 Å². The molecular formula is C18H18BrN3O2. The molecule has 0 aliphatic carbocycles. The number of nitrogens with zero attached hydrogens (tertiary/aromatic N) is 2. The minimum absolute atomic E-state index is 0.0362. The number of phenols is 1. The first-order chi connectivity index (χ1) is 11.5. The van der Waals surface area contributed by atoms with Crippen LogP contribution in [0.1, 0.15) is 35.1 Å². The summed E-state index contributed by atoms with van der Waals surface area (Å²) in [6.45, 7) is 4.02. The number of pyridine rings is 1. The van der Waals surface area contributed by atoms with Gasteiger partial charge in [-0.05, 0) is 53.0 Å². The number of hydrogen-bond donors (Lipinski definition) is 2. The van der Waals surface area contributed by atoms with Gasteiger partial charge in [0, 0.05) is 6.20 Å². The first-order valence-electron chi connectivity index (χ1n) is 7.77. The molecule has 24 heavy (non-hydrogen) atoms. The van der Waals surface area contributed by atoms with E-state index in [0.29, 0.717) is 23.4 Å². The van der Waals surface area contributed by atoms with Crippen molar-refractivity contribution in [1.29, 1.82) is 0 Å². The molecule has 2 heterocycles. The van der Waals surface area contributed by atoms with Crippen molar-refractivity contribution in [3.8, 4) is 5.75 Å². The molecule has 1 aromatic carbocycles. The van der Waals surface area contributed by atoms with E-state index in [9.17, 15) is 9.90 Å². The molecular weight excluding hydrogens is 370 g/mol. The number of amides is 1. The van der Waals surface area contributed by atoms with Crippen molar-refractivity contribution >= 4 is 33.2 Å². The Morgan fingerprint density at radius 3 is 2.83 bits per heavy atom. The number of benzene rings is 1. The largest absolute Gasteiger partial charge is 0.506 e. The minimum Gasteiger partial charge on any atom is -0.506 e. The average molecular weight is 388 g/mol. The van der Waals surface area contributed by atoms with Gasteiger partial charge in [-0.25, -0.2) is 4.98 Å². The molecule has 124 valence electrons. The van der Waals surface area contributed by atoms with E-state index in [4.69, 9.17) is 0 Å². The van der Waals surface area contributed by atoms with Crippen LogP contribution in [0, 0.1) is 6.92 Å². The Bertz CT molecular complexity index is 918. The zero-order valence-corrected chi connectivity index (χ0v) is 15.1. The smallest absolute Gasteiger partial charge is 0.274 e. The molecule has 2 N–H and O–H groups in total. The topological polar surface area (TPSA) is 66.6 Å². The van der Waals surface area contributed by atoms with Gasteiger partial charge in [-0.2, -0.15) is 0 Å². The third-order valence-electron chi connectivity index (χ3n) is 3.74. The maximum absolute atomic E-state index is 12.9. The molecule has 2 aromatic heterocycles. The van der Waals surface area contributed by atoms with Crippen LogP contribution in [0.5, 0.6) is 5.75 Å². The highest BCUT2D eigenvalue weighted by atomic mass is 79.9. The highest BCUT2D eigenvalue weighted by Crippen LogP contribution is 2.26. The van der Waals surface area contributed by atoms with Gasteiger partial charge in [0.2, 0.25) is 0 Å². The lowest BCUT2D eigenvalue weighted by atomic mass is 10.2. The second-order valence-electron chi connectivity index (χ2n) is 5.69. The van der Waals surface area contributed by atoms with Crippen molar-refractivity contribution in [1.82, 2.24) is 9.38 Å². The number of nitrogens with one attached hydrogen (secondary N) is 1. The maximum atomic E-state index is 12.9. The maximum Gasteiger partial charge on any atom is 0.274 e. The number of aromatic hydroxyl groups is 1. The normalized spacial score (nSPS) is 11.0. The molecule has 0 unspecified atom stereocenters. The van der Waals surface area contributed by atoms with Crippen LogP contribution < -0.4 is 5.32 Å². The monoisotopic (exact) mass is 387 g/mol. The van der Waals surface area contributed by atoms with Gasteiger partial charge in [0.25, 0.3) is 5.91 Å². The number of rotatable bonds is 4. The lowest BCUT2D eigenvalue weighted by Crippen LogP contribution is -2.16. The number of carbonyl (C=O) groups is 1. The highest BCUT2D eigenvalue weighted by molar-refractivity contribution is 9.10. The van der Waals surface area contributed by atoms with Gasteiger partial charge in [-0.3, -0.25) is 9.20 Å². The van der Waals surface area contributed by atoms with Crippen LogP contribution in [0.2, 0.25) is 0 Å². The van der Waals surface area contributed by atoms with Crippen molar-refractivity contribution in [2.24, 2.45) is 0 Å². The van der Waals surface area contributed by atoms with Gasteiger partial charge in [0.05, 0.1) is 15.9 Å². The Hall–Kier alpha value is -2.34. The second kappa shape index (κ2) is 6.65. The molecule has 0 fully saturated rings. The van der Waals surface area contributed by atoms with Gasteiger partial charge < -0.3 is 10.4 Å². The molecule has 0 saturated carbocycles. The number of para-hydroxylation sites is 2. The molecule has 0 spiro atoms. The molecule has 0 bridgehead atoms. The predicted molar refractivity (Wildman–Crippen MR) is 97.7 cm³/mol. The molecule has 5 nitrogen and oxygen atoms in total. The van der Waals surface area contributed by atoms with E-state index in [-0.39, 0.29) is 11.7 Å². The fourth-order valence-corrected chi connectivity index (χ4v) is 3.33. The predicted octanol–water partition coefficient (Wildman–Crippen LogP) is 4.32. The van der Waals surface area contributed by atoms with E-state index in [1.165, 1.54) is 6.07 Å². The molecule has 0 aliphatic heterocycles. The Morgan fingerprint density at radius 1 is 1.38 bits per heavy atom. The Labute approximate surface area is 148 Å². The fourth-order valence-electron chi connectivity index (χ4n) is 2.69. The SMILES string of the molecule is CCCc1nc2c(Br)cc(C)cn2c1C(=O)Nc1ccccc1O. The van der Waals surface area contributed by atoms with E-state index in [2.05, 4.69) is 33.2 Å². The quantitative estimate of drug-likeness (QED) is 0.655. The number of halogens is 1. The summed E-state index contributed by atoms with van der Waals surface area (Å²) in [5.41, 5.74) is 3.36. The van der Waals surface area contributed by atoms with Crippen molar-refractivity contribution in [2.45, 2.75) is 26.7 Å². The van der Waals surface area contributed by atoms with Crippen LogP contribution >= 0.6 is 15.9 Å². The Balaban J connectivity index is 2.11. The van der Waals surface area contributed by atoms with E-state index in [0.717, 1.165) is 22.2 Å². The summed E-state index contributed by atoms with van der Waals surface area (Å²) in [5.74, 6) is -0.251. The van der Waals surface area contributed by atoms with E-state index in [1.807, 2.05) is 19.2 Å². The summed E-state index contributed by atoms with van der Waals surface area (Å²) in [6.07, 6.45) is 3.49. The molecule has 0 radical (unpaired) electrons. The molecule has 0 atom stereocenters. The fraction of sp³-hybridized carbons (Fsp3) is 0.222. The number of anilines is 1. The lowest BCUT2D eigenvalue weighted by molar-refractivity contribution is 0.102. The van der Waals surface area contributed by atoms with E-state index < -0.39 is 0 Å². The van der Waals surface area contributed by atoms with Gasteiger partial charge in [-0.15, -0.1) is 0 Å². The number of phenolic OH excluding ortho intramolecular Hbond substituents is 1. The molecule has 3 rings (SSSR count). The van der Waals surface area contributed by atoms with Gasteiger partial charge in [0.1, 0.15) is 11.4 Å². The summed E-state index contributed by atoms with van der Waals surface area (Å²) in [4.78, 5) is 17.5. The first-order valence-corrected chi connectivity index (χ1v) is 8.57. The molecule has 0 aliphatic rings. The number of aryl methyl sites for hydroxylation is 2. The molecule has 1 amide bonds. The van der Waals surface area contributed by atoms with Crippen LogP contribution in [0.15, 0.2) is 41.0 Å². The average Bonchev–Trinajstić information content (AvgIpc) is 2.88. The first kappa shape index (κ1) is 16.5. The van der Waals surface area contributed by atoms with Gasteiger partial charge in [-0.1, -0.05) is 25.5 Å². The molecule has 6 heteroatoms. The highest BCUT2D eigenvalue weighted by Gasteiger charge is 2.21. The van der Waals surface area contributed by atoms with Crippen molar-refractivity contribution < 1.29 is 9.90 Å². The van der Waals surface area contributed by atoms with Crippen LogP contribution in [-0.2, 0) is 6.42 Å². The molecule has 0 saturated heterocycles. The van der Waals surface area contributed by atoms with Crippen LogP contribution in [-0.4, -0.2) is 20.4 Å². The number of imidazole rings is 1. The summed E-state index contributed by atoms with van der Waals surface area (Å²) in [7, 11) is 0.